The predicted octanol–water partition coefficient (Wildman–Crippen LogP) is 2.75. The third kappa shape index (κ3) is 5.61. The van der Waals surface area contributed by atoms with Gasteiger partial charge in [0.1, 0.15) is 11.5 Å². The first-order valence-corrected chi connectivity index (χ1v) is 11.4. The number of hydrogen-bond acceptors (Lipinski definition) is 5. The molecule has 158 valence electrons. The van der Waals surface area contributed by atoms with Crippen molar-refractivity contribution in [2.24, 2.45) is 0 Å². The fourth-order valence-corrected chi connectivity index (χ4v) is 5.04. The molecular weight excluding hydrogens is 392 g/mol. The number of hydrogen-bond donors (Lipinski definition) is 1. The molecule has 1 amide bonds. The summed E-state index contributed by atoms with van der Waals surface area (Å²) in [5.74, 6) is 1.43. The summed E-state index contributed by atoms with van der Waals surface area (Å²) < 4.78 is 37.7. The number of aryl methyl sites for hydroxylation is 2. The summed E-state index contributed by atoms with van der Waals surface area (Å²) in [6, 6.07) is 8.64. The standard InChI is InChI=1S/C21H28N2O5S/c1-27-20-10-9-19(29(25,26)23-13-2-3-14-23)16-17(20)8-11-21(24)22-12-4-6-18-7-5-15-28-18/h5,7,9-10,15-16H,2-4,6,8,11-14H2,1H3,(H,22,24). The molecule has 1 aromatic heterocycles. The summed E-state index contributed by atoms with van der Waals surface area (Å²) in [6.07, 6.45) is 5.68. The molecule has 1 aliphatic rings. The van der Waals surface area contributed by atoms with E-state index in [0.29, 0.717) is 31.8 Å². The number of carbonyl (C=O) groups is 1. The molecule has 3 rings (SSSR count). The Hall–Kier alpha value is -2.32. The maximum absolute atomic E-state index is 12.8. The summed E-state index contributed by atoms with van der Waals surface area (Å²) in [5.41, 5.74) is 0.721. The first-order valence-electron chi connectivity index (χ1n) is 9.97. The quantitative estimate of drug-likeness (QED) is 0.597. The SMILES string of the molecule is COc1ccc(S(=O)(=O)N2CCCC2)cc1CCC(=O)NCCCc1ccco1. The van der Waals surface area contributed by atoms with Crippen molar-refractivity contribution >= 4 is 15.9 Å². The van der Waals surface area contributed by atoms with Crippen LogP contribution in [0.4, 0.5) is 0 Å². The van der Waals surface area contributed by atoms with Gasteiger partial charge in [0.05, 0.1) is 18.3 Å². The van der Waals surface area contributed by atoms with Gasteiger partial charge in [-0.3, -0.25) is 4.79 Å². The van der Waals surface area contributed by atoms with Crippen molar-refractivity contribution in [2.75, 3.05) is 26.7 Å². The van der Waals surface area contributed by atoms with Gasteiger partial charge in [-0.2, -0.15) is 4.31 Å². The molecule has 0 atom stereocenters. The van der Waals surface area contributed by atoms with Crippen LogP contribution in [0.5, 0.6) is 5.75 Å². The van der Waals surface area contributed by atoms with Crippen LogP contribution in [0.1, 0.15) is 37.0 Å². The van der Waals surface area contributed by atoms with Crippen LogP contribution < -0.4 is 10.1 Å². The van der Waals surface area contributed by atoms with Crippen LogP contribution in [0.3, 0.4) is 0 Å². The van der Waals surface area contributed by atoms with Crippen LogP contribution in [0.25, 0.3) is 0 Å². The minimum Gasteiger partial charge on any atom is -0.496 e. The van der Waals surface area contributed by atoms with E-state index in [-0.39, 0.29) is 17.2 Å². The number of amides is 1. The Labute approximate surface area is 172 Å². The maximum Gasteiger partial charge on any atom is 0.243 e. The average Bonchev–Trinajstić information content (AvgIpc) is 3.43. The van der Waals surface area contributed by atoms with Gasteiger partial charge in [0, 0.05) is 32.5 Å². The van der Waals surface area contributed by atoms with E-state index in [4.69, 9.17) is 9.15 Å². The molecule has 1 fully saturated rings. The third-order valence-corrected chi connectivity index (χ3v) is 6.97. The molecule has 0 radical (unpaired) electrons. The summed E-state index contributed by atoms with van der Waals surface area (Å²) in [6.45, 7) is 1.69. The number of ether oxygens (including phenoxy) is 1. The molecule has 0 aliphatic carbocycles. The monoisotopic (exact) mass is 420 g/mol. The van der Waals surface area contributed by atoms with Crippen molar-refractivity contribution in [3.63, 3.8) is 0 Å². The number of carbonyl (C=O) groups excluding carboxylic acids is 1. The lowest BCUT2D eigenvalue weighted by molar-refractivity contribution is -0.121. The molecule has 7 nitrogen and oxygen atoms in total. The van der Waals surface area contributed by atoms with E-state index < -0.39 is 10.0 Å². The first-order chi connectivity index (χ1) is 14.0. The molecule has 0 saturated carbocycles. The largest absolute Gasteiger partial charge is 0.496 e. The number of methoxy groups -OCH3 is 1. The summed E-state index contributed by atoms with van der Waals surface area (Å²) in [5, 5.41) is 2.89. The fraction of sp³-hybridized carbons (Fsp3) is 0.476. The zero-order chi connectivity index (χ0) is 20.7. The van der Waals surface area contributed by atoms with E-state index in [0.717, 1.165) is 37.0 Å². The number of furan rings is 1. The number of rotatable bonds is 10. The van der Waals surface area contributed by atoms with E-state index in [1.54, 1.807) is 31.6 Å². The molecule has 0 spiro atoms. The molecule has 29 heavy (non-hydrogen) atoms. The topological polar surface area (TPSA) is 88.9 Å². The molecule has 2 heterocycles. The predicted molar refractivity (Wildman–Crippen MR) is 109 cm³/mol. The zero-order valence-electron chi connectivity index (χ0n) is 16.7. The maximum atomic E-state index is 12.8. The highest BCUT2D eigenvalue weighted by atomic mass is 32.2. The summed E-state index contributed by atoms with van der Waals surface area (Å²) >= 11 is 0. The third-order valence-electron chi connectivity index (χ3n) is 5.08. The van der Waals surface area contributed by atoms with Crippen molar-refractivity contribution < 1.29 is 22.4 Å². The van der Waals surface area contributed by atoms with Crippen LogP contribution in [-0.4, -0.2) is 45.4 Å². The van der Waals surface area contributed by atoms with Gasteiger partial charge >= 0.3 is 0 Å². The van der Waals surface area contributed by atoms with E-state index in [2.05, 4.69) is 5.32 Å². The summed E-state index contributed by atoms with van der Waals surface area (Å²) in [7, 11) is -1.95. The summed E-state index contributed by atoms with van der Waals surface area (Å²) in [4.78, 5) is 12.4. The van der Waals surface area contributed by atoms with E-state index in [9.17, 15) is 13.2 Å². The van der Waals surface area contributed by atoms with Crippen LogP contribution in [0, 0.1) is 0 Å². The smallest absolute Gasteiger partial charge is 0.243 e. The lowest BCUT2D eigenvalue weighted by Crippen LogP contribution is -2.28. The number of sulfonamides is 1. The number of benzene rings is 1. The van der Waals surface area contributed by atoms with Crippen LogP contribution in [0.2, 0.25) is 0 Å². The molecule has 2 aromatic rings. The minimum atomic E-state index is -3.50. The Morgan fingerprint density at radius 2 is 2.00 bits per heavy atom. The zero-order valence-corrected chi connectivity index (χ0v) is 17.5. The van der Waals surface area contributed by atoms with Crippen LogP contribution >= 0.6 is 0 Å². The van der Waals surface area contributed by atoms with Gasteiger partial charge in [0.15, 0.2) is 0 Å². The van der Waals surface area contributed by atoms with Gasteiger partial charge in [-0.05, 0) is 61.6 Å². The molecule has 1 saturated heterocycles. The molecule has 8 heteroatoms. The Morgan fingerprint density at radius 3 is 2.69 bits per heavy atom. The average molecular weight is 421 g/mol. The Morgan fingerprint density at radius 1 is 1.21 bits per heavy atom. The van der Waals surface area contributed by atoms with E-state index >= 15 is 0 Å². The van der Waals surface area contributed by atoms with Crippen molar-refractivity contribution in [1.29, 1.82) is 0 Å². The fourth-order valence-electron chi connectivity index (χ4n) is 3.47. The van der Waals surface area contributed by atoms with Gasteiger partial charge in [0.2, 0.25) is 15.9 Å². The van der Waals surface area contributed by atoms with Crippen molar-refractivity contribution in [3.05, 3.63) is 47.9 Å². The first kappa shape index (κ1) is 21.4. The van der Waals surface area contributed by atoms with Crippen LogP contribution in [0.15, 0.2) is 45.9 Å². The lowest BCUT2D eigenvalue weighted by atomic mass is 10.1. The minimum absolute atomic E-state index is 0.0701. The highest BCUT2D eigenvalue weighted by Gasteiger charge is 2.27. The van der Waals surface area contributed by atoms with Crippen LogP contribution in [-0.2, 0) is 27.7 Å². The van der Waals surface area contributed by atoms with E-state index in [1.165, 1.54) is 4.31 Å². The van der Waals surface area contributed by atoms with Gasteiger partial charge in [-0.1, -0.05) is 0 Å². The Balaban J connectivity index is 1.55. The van der Waals surface area contributed by atoms with Crippen molar-refractivity contribution in [1.82, 2.24) is 9.62 Å². The second-order valence-electron chi connectivity index (χ2n) is 7.12. The normalized spacial score (nSPS) is 14.8. The highest BCUT2D eigenvalue weighted by molar-refractivity contribution is 7.89. The van der Waals surface area contributed by atoms with Gasteiger partial charge in [-0.15, -0.1) is 0 Å². The van der Waals surface area contributed by atoms with Gasteiger partial charge in [-0.25, -0.2) is 8.42 Å². The van der Waals surface area contributed by atoms with E-state index in [1.807, 2.05) is 12.1 Å². The molecule has 0 unspecified atom stereocenters. The Kier molecular flexibility index (Phi) is 7.33. The second-order valence-corrected chi connectivity index (χ2v) is 9.06. The second kappa shape index (κ2) is 9.93. The number of nitrogens with zero attached hydrogens (tertiary/aromatic N) is 1. The van der Waals surface area contributed by atoms with Crippen molar-refractivity contribution in [3.8, 4) is 5.75 Å². The molecule has 1 aromatic carbocycles. The highest BCUT2D eigenvalue weighted by Crippen LogP contribution is 2.27. The van der Waals surface area contributed by atoms with Gasteiger partial charge < -0.3 is 14.5 Å². The Bertz CT molecular complexity index is 903. The van der Waals surface area contributed by atoms with Crippen molar-refractivity contribution in [2.45, 2.75) is 43.4 Å². The lowest BCUT2D eigenvalue weighted by Gasteiger charge is -2.17. The molecule has 0 bridgehead atoms. The van der Waals surface area contributed by atoms with Gasteiger partial charge in [0.25, 0.3) is 0 Å². The molecular formula is C21H28N2O5S. The molecule has 1 N–H and O–H groups in total. The molecule has 1 aliphatic heterocycles. The number of nitrogens with one attached hydrogen (secondary N) is 1.